The van der Waals surface area contributed by atoms with Crippen molar-refractivity contribution in [2.45, 2.75) is 57.6 Å². The van der Waals surface area contributed by atoms with Gasteiger partial charge in [0.15, 0.2) is 11.6 Å². The summed E-state index contributed by atoms with van der Waals surface area (Å²) in [5.74, 6) is -1.29. The van der Waals surface area contributed by atoms with E-state index in [-0.39, 0.29) is 38.6 Å². The summed E-state index contributed by atoms with van der Waals surface area (Å²) in [7, 11) is -0.803. The van der Waals surface area contributed by atoms with Crippen LogP contribution in [0.1, 0.15) is 27.7 Å². The molecule has 2 heterocycles. The lowest BCUT2D eigenvalue weighted by molar-refractivity contribution is -0.244. The summed E-state index contributed by atoms with van der Waals surface area (Å²) < 4.78 is 53.1. The van der Waals surface area contributed by atoms with Gasteiger partial charge in [-0.15, -0.1) is 0 Å². The summed E-state index contributed by atoms with van der Waals surface area (Å²) in [5, 5.41) is 9.98. The summed E-state index contributed by atoms with van der Waals surface area (Å²) in [6, 6.07) is 0. The quantitative estimate of drug-likeness (QED) is 0.186. The maximum Gasteiger partial charge on any atom is 0.362 e. The third kappa shape index (κ3) is 11.2. The monoisotopic (exact) mass is 508 g/mol. The highest BCUT2D eigenvalue weighted by atomic mass is 31.2. The van der Waals surface area contributed by atoms with E-state index in [1.54, 1.807) is 0 Å². The molecule has 190 valence electrons. The summed E-state index contributed by atoms with van der Waals surface area (Å²) in [5.41, 5.74) is 0. The van der Waals surface area contributed by atoms with Crippen molar-refractivity contribution in [3.63, 3.8) is 0 Å². The Morgan fingerprint density at radius 2 is 1.34 bits per heavy atom. The average molecular weight is 508 g/mol. The van der Waals surface area contributed by atoms with E-state index in [0.29, 0.717) is 13.2 Å². The summed E-state index contributed by atoms with van der Waals surface area (Å²) in [6.07, 6.45) is -1.51. The first kappa shape index (κ1) is 28.6. The van der Waals surface area contributed by atoms with Gasteiger partial charge in [0.1, 0.15) is 31.5 Å². The molecule has 5 unspecified atom stereocenters. The van der Waals surface area contributed by atoms with Gasteiger partial charge in [-0.1, -0.05) is 0 Å². The average Bonchev–Trinajstić information content (AvgIpc) is 3.27. The highest BCUT2D eigenvalue weighted by Crippen LogP contribution is 2.40. The van der Waals surface area contributed by atoms with Crippen LogP contribution in [0.15, 0.2) is 0 Å². The number of hydrogen-bond donors (Lipinski definition) is 1. The fourth-order valence-electron chi connectivity index (χ4n) is 2.54. The minimum atomic E-state index is -1.83. The van der Waals surface area contributed by atoms with Crippen molar-refractivity contribution in [2.75, 3.05) is 53.9 Å². The van der Waals surface area contributed by atoms with Crippen LogP contribution in [-0.2, 0) is 56.2 Å². The van der Waals surface area contributed by atoms with Crippen molar-refractivity contribution < 1.29 is 61.3 Å². The molecule has 0 bridgehead atoms. The molecule has 15 heteroatoms. The van der Waals surface area contributed by atoms with Crippen LogP contribution in [0.5, 0.6) is 0 Å². The third-order valence-corrected chi connectivity index (χ3v) is 5.68. The Bertz CT molecular complexity index is 527. The smallest absolute Gasteiger partial charge is 0.362 e. The summed E-state index contributed by atoms with van der Waals surface area (Å²) >= 11 is 0. The highest BCUT2D eigenvalue weighted by Gasteiger charge is 2.34. The van der Waals surface area contributed by atoms with E-state index in [2.05, 4.69) is 0 Å². The van der Waals surface area contributed by atoms with Crippen molar-refractivity contribution in [3.05, 3.63) is 0 Å². The Kier molecular flexibility index (Phi) is 12.5. The lowest BCUT2D eigenvalue weighted by Gasteiger charge is -2.19. The Hall–Kier alpha value is 0.340. The van der Waals surface area contributed by atoms with Gasteiger partial charge in [0.05, 0.1) is 26.4 Å². The van der Waals surface area contributed by atoms with Crippen LogP contribution in [-0.4, -0.2) is 88.9 Å². The van der Waals surface area contributed by atoms with E-state index in [0.717, 1.165) is 0 Å². The van der Waals surface area contributed by atoms with E-state index in [9.17, 15) is 5.11 Å². The maximum atomic E-state index is 9.98. The molecule has 0 saturated carbocycles. The molecule has 2 aliphatic heterocycles. The fraction of sp³-hybridized carbons (Fsp3) is 1.00. The van der Waals surface area contributed by atoms with Crippen molar-refractivity contribution in [2.24, 2.45) is 0 Å². The van der Waals surface area contributed by atoms with Crippen LogP contribution >= 0.6 is 17.2 Å². The Labute approximate surface area is 190 Å². The van der Waals surface area contributed by atoms with Gasteiger partial charge in [0.2, 0.25) is 0 Å². The van der Waals surface area contributed by atoms with Crippen molar-refractivity contribution >= 4 is 17.2 Å². The number of aliphatic hydroxyl groups excluding tert-OH is 1. The molecule has 0 spiro atoms. The molecule has 0 aromatic rings. The van der Waals surface area contributed by atoms with Gasteiger partial charge in [-0.25, -0.2) is 9.78 Å². The normalized spacial score (nSPS) is 27.5. The fourth-order valence-corrected chi connectivity index (χ4v) is 3.83. The lowest BCUT2D eigenvalue weighted by Crippen LogP contribution is -2.24. The predicted octanol–water partition coefficient (Wildman–Crippen LogP) is 2.33. The zero-order valence-corrected chi connectivity index (χ0v) is 21.0. The van der Waals surface area contributed by atoms with Crippen molar-refractivity contribution in [1.29, 1.82) is 0 Å². The third-order valence-electron chi connectivity index (χ3n) is 3.91. The molecule has 1 N–H and O–H groups in total. The molecule has 2 rings (SSSR count). The Morgan fingerprint density at radius 1 is 0.812 bits per heavy atom. The van der Waals surface area contributed by atoms with Gasteiger partial charge in [0.25, 0.3) is 0 Å². The Balaban J connectivity index is 1.52. The molecule has 0 aliphatic carbocycles. The first-order valence-corrected chi connectivity index (χ1v) is 12.2. The molecule has 2 saturated heterocycles. The predicted molar refractivity (Wildman–Crippen MR) is 110 cm³/mol. The van der Waals surface area contributed by atoms with Crippen LogP contribution < -0.4 is 0 Å². The first-order valence-electron chi connectivity index (χ1n) is 9.97. The number of ether oxygens (including phenoxy) is 4. The molecular formula is C17H34O13P2. The van der Waals surface area contributed by atoms with E-state index in [1.807, 2.05) is 27.7 Å². The van der Waals surface area contributed by atoms with Crippen LogP contribution in [0, 0.1) is 0 Å². The van der Waals surface area contributed by atoms with E-state index in [1.165, 1.54) is 14.2 Å². The summed E-state index contributed by atoms with van der Waals surface area (Å²) in [6.45, 7) is 8.09. The molecule has 0 aromatic heterocycles. The highest BCUT2D eigenvalue weighted by molar-refractivity contribution is 7.41. The van der Waals surface area contributed by atoms with E-state index < -0.39 is 34.9 Å². The van der Waals surface area contributed by atoms with E-state index in [4.69, 9.17) is 56.2 Å². The lowest BCUT2D eigenvalue weighted by atomic mass is 10.4. The van der Waals surface area contributed by atoms with Gasteiger partial charge in [-0.3, -0.25) is 0 Å². The van der Waals surface area contributed by atoms with Crippen LogP contribution in [0.3, 0.4) is 0 Å². The van der Waals surface area contributed by atoms with Crippen LogP contribution in [0.4, 0.5) is 0 Å². The molecule has 2 aliphatic rings. The maximum absolute atomic E-state index is 9.98. The molecule has 2 fully saturated rings. The zero-order chi connectivity index (χ0) is 23.6. The second-order valence-electron chi connectivity index (χ2n) is 7.68. The van der Waals surface area contributed by atoms with Gasteiger partial charge in [0, 0.05) is 14.2 Å². The minimum Gasteiger partial charge on any atom is -0.388 e. The van der Waals surface area contributed by atoms with Crippen molar-refractivity contribution in [3.8, 4) is 0 Å². The second kappa shape index (κ2) is 14.0. The van der Waals surface area contributed by atoms with Gasteiger partial charge < -0.3 is 42.1 Å². The molecule has 32 heavy (non-hydrogen) atoms. The van der Waals surface area contributed by atoms with Gasteiger partial charge in [-0.2, -0.15) is 9.35 Å². The molecular weight excluding hydrogens is 474 g/mol. The minimum absolute atomic E-state index is 0.142. The topological polar surface area (TPSA) is 131 Å². The molecule has 0 radical (unpaired) electrons. The molecule has 0 aromatic carbocycles. The van der Waals surface area contributed by atoms with E-state index >= 15 is 0 Å². The number of aliphatic hydroxyl groups is 1. The Morgan fingerprint density at radius 3 is 1.88 bits per heavy atom. The van der Waals surface area contributed by atoms with Crippen LogP contribution in [0.25, 0.3) is 0 Å². The largest absolute Gasteiger partial charge is 0.388 e. The molecule has 5 atom stereocenters. The number of hydrogen-bond acceptors (Lipinski definition) is 13. The summed E-state index contributed by atoms with van der Waals surface area (Å²) in [4.78, 5) is 10.1. The number of rotatable bonds is 16. The van der Waals surface area contributed by atoms with Crippen molar-refractivity contribution in [1.82, 2.24) is 0 Å². The second-order valence-corrected chi connectivity index (χ2v) is 10.1. The SMILES string of the molecule is COP(OCC(O)COOP(OC)OCC1COC(C)(C)O1)OOCC1COC(C)(C)O1. The van der Waals surface area contributed by atoms with Gasteiger partial charge >= 0.3 is 17.2 Å². The standard InChI is InChI=1S/C17H34O13P2/c1-16(2)21-9-14(27-16)11-24-30-31(19-5)25-8-13(18)7-23-29-32(20-6)26-12-15-10-22-17(3,4)28-15/h13-15,18H,7-12H2,1-6H3. The molecule has 13 nitrogen and oxygen atoms in total. The van der Waals surface area contributed by atoms with Crippen LogP contribution in [0.2, 0.25) is 0 Å². The molecule has 0 amide bonds. The van der Waals surface area contributed by atoms with Gasteiger partial charge in [-0.05, 0) is 27.7 Å². The zero-order valence-electron chi connectivity index (χ0n) is 19.2. The first-order chi connectivity index (χ1) is 15.1.